The molecule has 1 rings (SSSR count). The van der Waals surface area contributed by atoms with Crippen LogP contribution in [-0.4, -0.2) is 37.8 Å². The highest BCUT2D eigenvalue weighted by Crippen LogP contribution is 2.15. The van der Waals surface area contributed by atoms with Gasteiger partial charge in [0, 0.05) is 0 Å². The van der Waals surface area contributed by atoms with Crippen LogP contribution < -0.4 is 10.1 Å². The van der Waals surface area contributed by atoms with E-state index in [4.69, 9.17) is 4.74 Å². The molecular formula is C13H13F2NO6. The Morgan fingerprint density at radius 2 is 1.73 bits per heavy atom. The first-order chi connectivity index (χ1) is 10.3. The van der Waals surface area contributed by atoms with Crippen LogP contribution in [-0.2, 0) is 14.3 Å². The molecule has 120 valence electrons. The van der Waals surface area contributed by atoms with Crippen LogP contribution in [0.4, 0.5) is 13.6 Å². The summed E-state index contributed by atoms with van der Waals surface area (Å²) in [6.45, 7) is -1.72. The van der Waals surface area contributed by atoms with E-state index in [-0.39, 0.29) is 11.3 Å². The molecule has 0 saturated heterocycles. The van der Waals surface area contributed by atoms with Gasteiger partial charge in [0.25, 0.3) is 5.91 Å². The number of methoxy groups -OCH3 is 1. The van der Waals surface area contributed by atoms with Crippen LogP contribution in [0, 0.1) is 0 Å². The minimum absolute atomic E-state index is 0.0272. The second-order valence-corrected chi connectivity index (χ2v) is 3.93. The van der Waals surface area contributed by atoms with Gasteiger partial charge in [-0.2, -0.15) is 8.78 Å². The Balaban J connectivity index is 2.60. The first-order valence-electron chi connectivity index (χ1n) is 5.98. The molecule has 9 heteroatoms. The maximum absolute atomic E-state index is 12.0. The predicted molar refractivity (Wildman–Crippen MR) is 68.5 cm³/mol. The number of alkyl halides is 2. The van der Waals surface area contributed by atoms with Crippen LogP contribution >= 0.6 is 0 Å². The SMILES string of the molecule is COC(=O)NC(=O)[C@H](C)OC(=O)c1ccc(OC(F)F)cc1. The van der Waals surface area contributed by atoms with Crippen LogP contribution in [0.1, 0.15) is 17.3 Å². The van der Waals surface area contributed by atoms with E-state index in [1.165, 1.54) is 19.1 Å². The highest BCUT2D eigenvalue weighted by atomic mass is 19.3. The third-order valence-corrected chi connectivity index (χ3v) is 2.38. The van der Waals surface area contributed by atoms with Gasteiger partial charge in [0.15, 0.2) is 6.10 Å². The molecule has 0 radical (unpaired) electrons. The maximum Gasteiger partial charge on any atom is 0.413 e. The molecule has 0 spiro atoms. The summed E-state index contributed by atoms with van der Waals surface area (Å²) in [5.41, 5.74) is 0.0272. The second kappa shape index (κ2) is 7.91. The first-order valence-corrected chi connectivity index (χ1v) is 5.98. The molecule has 7 nitrogen and oxygen atoms in total. The molecule has 0 aromatic heterocycles. The summed E-state index contributed by atoms with van der Waals surface area (Å²) in [6.07, 6.45) is -2.23. The average molecular weight is 317 g/mol. The summed E-state index contributed by atoms with van der Waals surface area (Å²) in [5.74, 6) is -1.85. The fourth-order valence-electron chi connectivity index (χ4n) is 1.31. The Morgan fingerprint density at radius 3 is 2.23 bits per heavy atom. The van der Waals surface area contributed by atoms with E-state index in [1.54, 1.807) is 0 Å². The maximum atomic E-state index is 12.0. The van der Waals surface area contributed by atoms with Gasteiger partial charge in [-0.15, -0.1) is 0 Å². The number of imide groups is 1. The second-order valence-electron chi connectivity index (χ2n) is 3.93. The molecule has 0 bridgehead atoms. The number of hydrogen-bond donors (Lipinski definition) is 1. The number of carbonyl (C=O) groups is 3. The zero-order valence-corrected chi connectivity index (χ0v) is 11.7. The average Bonchev–Trinajstić information content (AvgIpc) is 2.46. The number of alkyl carbamates (subject to hydrolysis) is 1. The molecule has 1 N–H and O–H groups in total. The van der Waals surface area contributed by atoms with Crippen LogP contribution in [0.15, 0.2) is 24.3 Å². The Hall–Kier alpha value is -2.71. The molecule has 1 aromatic carbocycles. The van der Waals surface area contributed by atoms with E-state index in [0.717, 1.165) is 19.2 Å². The molecule has 1 aromatic rings. The molecule has 0 fully saturated rings. The molecule has 0 aliphatic rings. The lowest BCUT2D eigenvalue weighted by Crippen LogP contribution is -2.39. The number of carbonyl (C=O) groups excluding carboxylic acids is 3. The van der Waals surface area contributed by atoms with Gasteiger partial charge >= 0.3 is 18.7 Å². The molecule has 1 atom stereocenters. The van der Waals surface area contributed by atoms with E-state index in [1.807, 2.05) is 5.32 Å². The summed E-state index contributed by atoms with van der Waals surface area (Å²) < 4.78 is 37.1. The summed E-state index contributed by atoms with van der Waals surface area (Å²) in [7, 11) is 1.07. The van der Waals surface area contributed by atoms with Crippen molar-refractivity contribution >= 4 is 18.0 Å². The summed E-state index contributed by atoms with van der Waals surface area (Å²) in [6, 6.07) is 4.71. The fourth-order valence-corrected chi connectivity index (χ4v) is 1.31. The summed E-state index contributed by atoms with van der Waals surface area (Å²) in [4.78, 5) is 34.0. The van der Waals surface area contributed by atoms with Gasteiger partial charge in [-0.1, -0.05) is 0 Å². The van der Waals surface area contributed by atoms with E-state index in [9.17, 15) is 23.2 Å². The number of esters is 1. The number of halogens is 2. The van der Waals surface area contributed by atoms with E-state index in [0.29, 0.717) is 0 Å². The summed E-state index contributed by atoms with van der Waals surface area (Å²) >= 11 is 0. The zero-order chi connectivity index (χ0) is 16.7. The Morgan fingerprint density at radius 1 is 1.14 bits per heavy atom. The topological polar surface area (TPSA) is 90.9 Å². The van der Waals surface area contributed by atoms with Gasteiger partial charge in [0.2, 0.25) is 0 Å². The van der Waals surface area contributed by atoms with Crippen molar-refractivity contribution < 1.29 is 37.4 Å². The molecule has 0 unspecified atom stereocenters. The van der Waals surface area contributed by atoms with E-state index < -0.39 is 30.7 Å². The monoisotopic (exact) mass is 317 g/mol. The molecule has 2 amide bonds. The standard InChI is InChI=1S/C13H13F2NO6/c1-7(10(17)16-13(19)20-2)21-11(18)8-3-5-9(6-4-8)22-12(14)15/h3-7,12H,1-2H3,(H,16,17,19)/t7-/m0/s1. The van der Waals surface area contributed by atoms with Crippen LogP contribution in [0.25, 0.3) is 0 Å². The van der Waals surface area contributed by atoms with Crippen molar-refractivity contribution in [2.24, 2.45) is 0 Å². The molecular weight excluding hydrogens is 304 g/mol. The smallest absolute Gasteiger partial charge is 0.413 e. The lowest BCUT2D eigenvalue weighted by molar-refractivity contribution is -0.128. The van der Waals surface area contributed by atoms with Crippen LogP contribution in [0.3, 0.4) is 0 Å². The minimum atomic E-state index is -2.97. The predicted octanol–water partition coefficient (Wildman–Crippen LogP) is 1.72. The first kappa shape index (κ1) is 17.3. The van der Waals surface area contributed by atoms with Crippen molar-refractivity contribution in [2.45, 2.75) is 19.6 Å². The zero-order valence-electron chi connectivity index (χ0n) is 11.7. The number of hydrogen-bond acceptors (Lipinski definition) is 6. The van der Waals surface area contributed by atoms with Crippen LogP contribution in [0.5, 0.6) is 5.75 Å². The number of benzene rings is 1. The normalized spacial score (nSPS) is 11.5. The third-order valence-electron chi connectivity index (χ3n) is 2.38. The summed E-state index contributed by atoms with van der Waals surface area (Å²) in [5, 5.41) is 1.84. The van der Waals surface area contributed by atoms with Gasteiger partial charge in [0.05, 0.1) is 12.7 Å². The highest BCUT2D eigenvalue weighted by Gasteiger charge is 2.21. The van der Waals surface area contributed by atoms with Crippen molar-refractivity contribution in [1.29, 1.82) is 0 Å². The lowest BCUT2D eigenvalue weighted by atomic mass is 10.2. The van der Waals surface area contributed by atoms with Crippen molar-refractivity contribution in [3.63, 3.8) is 0 Å². The molecule has 22 heavy (non-hydrogen) atoms. The highest BCUT2D eigenvalue weighted by molar-refractivity contribution is 5.97. The van der Waals surface area contributed by atoms with Gasteiger partial charge in [-0.3, -0.25) is 10.1 Å². The van der Waals surface area contributed by atoms with Crippen molar-refractivity contribution in [3.8, 4) is 5.75 Å². The van der Waals surface area contributed by atoms with Crippen molar-refractivity contribution in [2.75, 3.05) is 7.11 Å². The van der Waals surface area contributed by atoms with E-state index in [2.05, 4.69) is 9.47 Å². The molecule has 0 heterocycles. The number of nitrogens with one attached hydrogen (secondary N) is 1. The third kappa shape index (κ3) is 5.35. The molecule has 0 aliphatic carbocycles. The Bertz CT molecular complexity index is 546. The number of amides is 2. The Kier molecular flexibility index (Phi) is 6.24. The largest absolute Gasteiger partial charge is 0.453 e. The van der Waals surface area contributed by atoms with E-state index >= 15 is 0 Å². The Labute approximate surface area is 124 Å². The quantitative estimate of drug-likeness (QED) is 0.832. The lowest BCUT2D eigenvalue weighted by Gasteiger charge is -2.12. The van der Waals surface area contributed by atoms with Gasteiger partial charge < -0.3 is 14.2 Å². The van der Waals surface area contributed by atoms with Gasteiger partial charge in [-0.05, 0) is 31.2 Å². The fraction of sp³-hybridized carbons (Fsp3) is 0.308. The van der Waals surface area contributed by atoms with Crippen molar-refractivity contribution in [3.05, 3.63) is 29.8 Å². The number of ether oxygens (including phenoxy) is 3. The van der Waals surface area contributed by atoms with Gasteiger partial charge in [-0.25, -0.2) is 9.59 Å². The van der Waals surface area contributed by atoms with Gasteiger partial charge in [0.1, 0.15) is 5.75 Å². The van der Waals surface area contributed by atoms with Crippen molar-refractivity contribution in [1.82, 2.24) is 5.32 Å². The van der Waals surface area contributed by atoms with Crippen LogP contribution in [0.2, 0.25) is 0 Å². The molecule has 0 aliphatic heterocycles. The number of rotatable bonds is 5. The minimum Gasteiger partial charge on any atom is -0.453 e. The molecule has 0 saturated carbocycles.